The van der Waals surface area contributed by atoms with Crippen LogP contribution >= 0.6 is 0 Å². The van der Waals surface area contributed by atoms with Crippen LogP contribution in [-0.4, -0.2) is 17.0 Å². The van der Waals surface area contributed by atoms with Gasteiger partial charge in [0.1, 0.15) is 17.3 Å². The summed E-state index contributed by atoms with van der Waals surface area (Å²) in [5, 5.41) is 3.69. The van der Waals surface area contributed by atoms with Crippen LogP contribution in [0.3, 0.4) is 0 Å². The van der Waals surface area contributed by atoms with Crippen LogP contribution in [0, 0.1) is 12.7 Å². The second-order valence-electron chi connectivity index (χ2n) is 5.93. The van der Waals surface area contributed by atoms with E-state index in [0.717, 1.165) is 10.9 Å². The highest BCUT2D eigenvalue weighted by molar-refractivity contribution is 6.08. The molecule has 0 saturated heterocycles. The maximum atomic E-state index is 13.4. The topological polar surface area (TPSA) is 54.1 Å². The SMILES string of the molecule is Cc1c(C(=O)Nc2ccccc2OC(C)C)[nH]c2cc(F)ccc12. The molecule has 2 N–H and O–H groups in total. The third kappa shape index (κ3) is 3.11. The molecule has 0 aliphatic rings. The number of anilines is 1. The number of carbonyl (C=O) groups is 1. The van der Waals surface area contributed by atoms with Crippen molar-refractivity contribution in [1.82, 2.24) is 4.98 Å². The van der Waals surface area contributed by atoms with Crippen LogP contribution in [0.4, 0.5) is 10.1 Å². The number of rotatable bonds is 4. The minimum Gasteiger partial charge on any atom is -0.489 e. The molecule has 0 atom stereocenters. The number of hydrogen-bond donors (Lipinski definition) is 2. The summed E-state index contributed by atoms with van der Waals surface area (Å²) in [6.45, 7) is 5.69. The first-order chi connectivity index (χ1) is 11.5. The fourth-order valence-electron chi connectivity index (χ4n) is 2.65. The van der Waals surface area contributed by atoms with Gasteiger partial charge >= 0.3 is 0 Å². The van der Waals surface area contributed by atoms with Crippen molar-refractivity contribution < 1.29 is 13.9 Å². The summed E-state index contributed by atoms with van der Waals surface area (Å²) in [5.41, 5.74) is 2.39. The quantitative estimate of drug-likeness (QED) is 0.733. The zero-order valence-electron chi connectivity index (χ0n) is 13.8. The zero-order valence-corrected chi connectivity index (χ0v) is 13.8. The minimum atomic E-state index is -0.341. The molecule has 4 nitrogen and oxygen atoms in total. The predicted octanol–water partition coefficient (Wildman–Crippen LogP) is 4.65. The Morgan fingerprint density at radius 2 is 1.96 bits per heavy atom. The molecule has 0 bridgehead atoms. The van der Waals surface area contributed by atoms with Gasteiger partial charge in [-0.15, -0.1) is 0 Å². The Kier molecular flexibility index (Phi) is 4.25. The molecule has 1 aromatic heterocycles. The van der Waals surface area contributed by atoms with Crippen LogP contribution in [0.2, 0.25) is 0 Å². The van der Waals surface area contributed by atoms with Gasteiger partial charge in [0.25, 0.3) is 5.91 Å². The normalized spacial score (nSPS) is 11.0. The van der Waals surface area contributed by atoms with Crippen molar-refractivity contribution in [2.24, 2.45) is 0 Å². The molecule has 24 heavy (non-hydrogen) atoms. The Morgan fingerprint density at radius 3 is 2.71 bits per heavy atom. The average Bonchev–Trinajstić information content (AvgIpc) is 2.85. The number of aromatic amines is 1. The van der Waals surface area contributed by atoms with Crippen LogP contribution in [0.15, 0.2) is 42.5 Å². The Bertz CT molecular complexity index is 900. The molecule has 1 heterocycles. The predicted molar refractivity (Wildman–Crippen MR) is 93.2 cm³/mol. The smallest absolute Gasteiger partial charge is 0.272 e. The van der Waals surface area contributed by atoms with Crippen molar-refractivity contribution in [3.8, 4) is 5.75 Å². The third-order valence-corrected chi connectivity index (χ3v) is 3.75. The van der Waals surface area contributed by atoms with Crippen LogP contribution in [0.25, 0.3) is 10.9 Å². The van der Waals surface area contributed by atoms with Crippen molar-refractivity contribution in [1.29, 1.82) is 0 Å². The summed E-state index contributed by atoms with van der Waals surface area (Å²) in [6, 6.07) is 11.7. The van der Waals surface area contributed by atoms with Gasteiger partial charge in [0.15, 0.2) is 0 Å². The van der Waals surface area contributed by atoms with E-state index < -0.39 is 0 Å². The third-order valence-electron chi connectivity index (χ3n) is 3.75. The molecule has 5 heteroatoms. The fourth-order valence-corrected chi connectivity index (χ4v) is 2.65. The molecule has 0 spiro atoms. The van der Waals surface area contributed by atoms with Crippen molar-refractivity contribution in [2.45, 2.75) is 26.9 Å². The molecular weight excluding hydrogens is 307 g/mol. The van der Waals surface area contributed by atoms with Crippen molar-refractivity contribution >= 4 is 22.5 Å². The summed E-state index contributed by atoms with van der Waals surface area (Å²) in [4.78, 5) is 15.6. The van der Waals surface area contributed by atoms with Crippen molar-refractivity contribution in [2.75, 3.05) is 5.32 Å². The highest BCUT2D eigenvalue weighted by Gasteiger charge is 2.17. The standard InChI is InChI=1S/C19H19FN2O2/c1-11(2)24-17-7-5-4-6-15(17)22-19(23)18-12(3)14-9-8-13(20)10-16(14)21-18/h4-11,21H,1-3H3,(H,22,23). The number of hydrogen-bond acceptors (Lipinski definition) is 2. The van der Waals surface area contributed by atoms with Crippen LogP contribution in [-0.2, 0) is 0 Å². The van der Waals surface area contributed by atoms with Gasteiger partial charge in [-0.05, 0) is 56.7 Å². The highest BCUT2D eigenvalue weighted by atomic mass is 19.1. The van der Waals surface area contributed by atoms with Crippen molar-refractivity contribution in [3.05, 3.63) is 59.5 Å². The number of para-hydroxylation sites is 2. The van der Waals surface area contributed by atoms with Gasteiger partial charge in [0.05, 0.1) is 11.8 Å². The Morgan fingerprint density at radius 1 is 1.21 bits per heavy atom. The van der Waals surface area contributed by atoms with E-state index in [4.69, 9.17) is 4.74 Å². The lowest BCUT2D eigenvalue weighted by molar-refractivity contribution is 0.102. The van der Waals surface area contributed by atoms with Gasteiger partial charge in [-0.1, -0.05) is 12.1 Å². The van der Waals surface area contributed by atoms with E-state index in [2.05, 4.69) is 10.3 Å². The first-order valence-corrected chi connectivity index (χ1v) is 7.80. The number of benzene rings is 2. The van der Waals surface area contributed by atoms with Gasteiger partial charge < -0.3 is 15.0 Å². The number of ether oxygens (including phenoxy) is 1. The lowest BCUT2D eigenvalue weighted by atomic mass is 10.1. The summed E-state index contributed by atoms with van der Waals surface area (Å²) in [5.74, 6) is -0.0176. The van der Waals surface area contributed by atoms with Gasteiger partial charge in [0.2, 0.25) is 0 Å². The molecule has 0 aliphatic carbocycles. The van der Waals surface area contributed by atoms with E-state index in [1.54, 1.807) is 12.1 Å². The van der Waals surface area contributed by atoms with E-state index in [1.165, 1.54) is 12.1 Å². The van der Waals surface area contributed by atoms with Gasteiger partial charge in [0, 0.05) is 10.9 Å². The monoisotopic (exact) mass is 326 g/mol. The second kappa shape index (κ2) is 6.35. The van der Waals surface area contributed by atoms with E-state index >= 15 is 0 Å². The number of H-pyrrole nitrogens is 1. The Balaban J connectivity index is 1.92. The number of aromatic nitrogens is 1. The molecule has 3 aromatic rings. The molecule has 0 fully saturated rings. The van der Waals surface area contributed by atoms with Crippen LogP contribution in [0.1, 0.15) is 29.9 Å². The number of fused-ring (bicyclic) bond motifs is 1. The summed E-state index contributed by atoms with van der Waals surface area (Å²) in [7, 11) is 0. The molecule has 0 radical (unpaired) electrons. The van der Waals surface area contributed by atoms with Gasteiger partial charge in [-0.25, -0.2) is 4.39 Å². The molecule has 1 amide bonds. The lowest BCUT2D eigenvalue weighted by Gasteiger charge is -2.14. The number of aryl methyl sites for hydroxylation is 1. The summed E-state index contributed by atoms with van der Waals surface area (Å²) in [6.07, 6.45) is 0.000777. The Labute approximate surface area is 139 Å². The molecule has 0 unspecified atom stereocenters. The molecule has 2 aromatic carbocycles. The van der Waals surface area contributed by atoms with Gasteiger partial charge in [-0.3, -0.25) is 4.79 Å². The van der Waals surface area contributed by atoms with E-state index in [-0.39, 0.29) is 17.8 Å². The molecule has 0 saturated carbocycles. The maximum absolute atomic E-state index is 13.4. The van der Waals surface area contributed by atoms with E-state index in [1.807, 2.05) is 39.0 Å². The number of carbonyl (C=O) groups excluding carboxylic acids is 1. The first-order valence-electron chi connectivity index (χ1n) is 7.80. The molecule has 124 valence electrons. The lowest BCUT2D eigenvalue weighted by Crippen LogP contribution is -2.15. The van der Waals surface area contributed by atoms with E-state index in [9.17, 15) is 9.18 Å². The number of halogens is 1. The molecule has 3 rings (SSSR count). The van der Waals surface area contributed by atoms with Crippen LogP contribution < -0.4 is 10.1 Å². The number of nitrogens with one attached hydrogen (secondary N) is 2. The summed E-state index contributed by atoms with van der Waals surface area (Å²) < 4.78 is 19.1. The maximum Gasteiger partial charge on any atom is 0.272 e. The van der Waals surface area contributed by atoms with Crippen LogP contribution in [0.5, 0.6) is 5.75 Å². The van der Waals surface area contributed by atoms with E-state index in [0.29, 0.717) is 22.6 Å². The Hall–Kier alpha value is -2.82. The molecule has 0 aliphatic heterocycles. The van der Waals surface area contributed by atoms with Crippen molar-refractivity contribution in [3.63, 3.8) is 0 Å². The first kappa shape index (κ1) is 16.1. The summed E-state index contributed by atoms with van der Waals surface area (Å²) >= 11 is 0. The highest BCUT2D eigenvalue weighted by Crippen LogP contribution is 2.27. The fraction of sp³-hybridized carbons (Fsp3) is 0.211. The molecular formula is C19H19FN2O2. The minimum absolute atomic E-state index is 0.000777. The zero-order chi connectivity index (χ0) is 17.3. The largest absolute Gasteiger partial charge is 0.489 e. The number of amides is 1. The second-order valence-corrected chi connectivity index (χ2v) is 5.93. The van der Waals surface area contributed by atoms with Gasteiger partial charge in [-0.2, -0.15) is 0 Å². The average molecular weight is 326 g/mol.